The fourth-order valence-corrected chi connectivity index (χ4v) is 2.64. The molecule has 0 saturated heterocycles. The lowest BCUT2D eigenvalue weighted by Crippen LogP contribution is -2.43. The van der Waals surface area contributed by atoms with E-state index in [0.717, 1.165) is 25.7 Å². The summed E-state index contributed by atoms with van der Waals surface area (Å²) in [5, 5.41) is 2.82. The minimum atomic E-state index is -0.367. The number of carbonyl (C=O) groups excluding carboxylic acids is 2. The smallest absolute Gasteiger partial charge is 0.223 e. The van der Waals surface area contributed by atoms with Crippen molar-refractivity contribution < 1.29 is 9.59 Å². The molecule has 1 saturated carbocycles. The number of nitrogens with one attached hydrogen (secondary N) is 1. The standard InChI is InChI=1S/C14H26N2O2/c1-14(2,3)12(17)10-6-4-5-7-11(10)13(18)16-9-8-15/h10-11H,4-9,15H2,1-3H3,(H,16,18)/t10?,11-/m1/s1. The first kappa shape index (κ1) is 15.2. The van der Waals surface area contributed by atoms with Crippen molar-refractivity contribution in [2.75, 3.05) is 13.1 Å². The molecule has 0 aromatic heterocycles. The van der Waals surface area contributed by atoms with Gasteiger partial charge in [0.2, 0.25) is 5.91 Å². The Hall–Kier alpha value is -0.900. The lowest BCUT2D eigenvalue weighted by molar-refractivity contribution is -0.139. The number of carbonyl (C=O) groups is 2. The monoisotopic (exact) mass is 254 g/mol. The highest BCUT2D eigenvalue weighted by Crippen LogP contribution is 2.35. The number of nitrogens with two attached hydrogens (primary N) is 1. The van der Waals surface area contributed by atoms with Crippen LogP contribution in [0.5, 0.6) is 0 Å². The Morgan fingerprint density at radius 2 is 1.72 bits per heavy atom. The van der Waals surface area contributed by atoms with E-state index < -0.39 is 0 Å². The molecule has 4 nitrogen and oxygen atoms in total. The predicted octanol–water partition coefficient (Wildman–Crippen LogP) is 1.48. The van der Waals surface area contributed by atoms with Crippen molar-refractivity contribution in [1.29, 1.82) is 0 Å². The van der Waals surface area contributed by atoms with E-state index in [1.165, 1.54) is 0 Å². The minimum Gasteiger partial charge on any atom is -0.355 e. The molecule has 1 amide bonds. The third kappa shape index (κ3) is 3.80. The van der Waals surface area contributed by atoms with Crippen molar-refractivity contribution in [3.05, 3.63) is 0 Å². The van der Waals surface area contributed by atoms with E-state index in [1.807, 2.05) is 20.8 Å². The molecule has 0 aromatic rings. The molecule has 0 bridgehead atoms. The Labute approximate surface area is 110 Å². The average molecular weight is 254 g/mol. The summed E-state index contributed by atoms with van der Waals surface area (Å²) in [7, 11) is 0. The highest BCUT2D eigenvalue weighted by molar-refractivity contribution is 5.91. The Bertz CT molecular complexity index is 307. The molecule has 2 atom stereocenters. The van der Waals surface area contributed by atoms with Crippen LogP contribution in [0.2, 0.25) is 0 Å². The first-order valence-corrected chi connectivity index (χ1v) is 6.90. The first-order valence-electron chi connectivity index (χ1n) is 6.90. The van der Waals surface area contributed by atoms with E-state index >= 15 is 0 Å². The van der Waals surface area contributed by atoms with E-state index in [0.29, 0.717) is 13.1 Å². The van der Waals surface area contributed by atoms with Crippen LogP contribution in [-0.2, 0) is 9.59 Å². The van der Waals surface area contributed by atoms with Crippen molar-refractivity contribution >= 4 is 11.7 Å². The Balaban J connectivity index is 2.74. The fourth-order valence-electron chi connectivity index (χ4n) is 2.64. The topological polar surface area (TPSA) is 72.2 Å². The minimum absolute atomic E-state index is 0.00255. The number of Topliss-reactive ketones (excluding diaryl/α,β-unsaturated/α-hetero) is 1. The van der Waals surface area contributed by atoms with Gasteiger partial charge in [-0.3, -0.25) is 9.59 Å². The molecule has 18 heavy (non-hydrogen) atoms. The molecule has 0 radical (unpaired) electrons. The van der Waals surface area contributed by atoms with Crippen LogP contribution < -0.4 is 11.1 Å². The lowest BCUT2D eigenvalue weighted by atomic mass is 9.70. The summed E-state index contributed by atoms with van der Waals surface area (Å²) in [5.41, 5.74) is 5.02. The zero-order valence-corrected chi connectivity index (χ0v) is 11.8. The number of hydrogen-bond donors (Lipinski definition) is 2. The molecule has 0 heterocycles. The van der Waals surface area contributed by atoms with Crippen LogP contribution in [0.15, 0.2) is 0 Å². The highest BCUT2D eigenvalue weighted by Gasteiger charge is 2.39. The van der Waals surface area contributed by atoms with Gasteiger partial charge >= 0.3 is 0 Å². The summed E-state index contributed by atoms with van der Waals surface area (Å²) in [5.74, 6) is -0.0496. The first-order chi connectivity index (χ1) is 8.38. The van der Waals surface area contributed by atoms with Gasteiger partial charge in [0.05, 0.1) is 0 Å². The van der Waals surface area contributed by atoms with Gasteiger partial charge in [0.15, 0.2) is 0 Å². The van der Waals surface area contributed by atoms with Gasteiger partial charge in [0.25, 0.3) is 0 Å². The molecule has 1 aliphatic rings. The van der Waals surface area contributed by atoms with Crippen LogP contribution in [0.1, 0.15) is 46.5 Å². The van der Waals surface area contributed by atoms with Crippen molar-refractivity contribution in [3.8, 4) is 0 Å². The maximum Gasteiger partial charge on any atom is 0.223 e. The van der Waals surface area contributed by atoms with E-state index in [9.17, 15) is 9.59 Å². The van der Waals surface area contributed by atoms with Crippen molar-refractivity contribution in [1.82, 2.24) is 5.32 Å². The van der Waals surface area contributed by atoms with Gasteiger partial charge in [-0.15, -0.1) is 0 Å². The summed E-state index contributed by atoms with van der Waals surface area (Å²) < 4.78 is 0. The molecule has 0 spiro atoms. The Morgan fingerprint density at radius 1 is 1.17 bits per heavy atom. The van der Waals surface area contributed by atoms with Gasteiger partial charge in [-0.2, -0.15) is 0 Å². The zero-order valence-electron chi connectivity index (χ0n) is 11.8. The summed E-state index contributed by atoms with van der Waals surface area (Å²) >= 11 is 0. The highest BCUT2D eigenvalue weighted by atomic mass is 16.2. The van der Waals surface area contributed by atoms with E-state index in [-0.39, 0.29) is 28.9 Å². The van der Waals surface area contributed by atoms with Crippen LogP contribution in [0.3, 0.4) is 0 Å². The van der Waals surface area contributed by atoms with Crippen LogP contribution in [-0.4, -0.2) is 24.8 Å². The number of ketones is 1. The summed E-state index contributed by atoms with van der Waals surface area (Å²) in [6, 6.07) is 0. The quantitative estimate of drug-likeness (QED) is 0.798. The largest absolute Gasteiger partial charge is 0.355 e. The Kier molecular flexibility index (Phi) is 5.32. The van der Waals surface area contributed by atoms with Crippen LogP contribution in [0.25, 0.3) is 0 Å². The molecule has 1 fully saturated rings. The second kappa shape index (κ2) is 6.32. The molecule has 1 rings (SSSR count). The molecule has 0 aromatic carbocycles. The SMILES string of the molecule is CC(C)(C)C(=O)C1CCCC[C@H]1C(=O)NCCN. The van der Waals surface area contributed by atoms with E-state index in [4.69, 9.17) is 5.73 Å². The predicted molar refractivity (Wildman–Crippen MR) is 72.0 cm³/mol. The second-order valence-electron chi connectivity index (χ2n) is 6.19. The third-order valence-electron chi connectivity index (χ3n) is 3.62. The molecule has 3 N–H and O–H groups in total. The van der Waals surface area contributed by atoms with Crippen LogP contribution >= 0.6 is 0 Å². The van der Waals surface area contributed by atoms with Gasteiger partial charge in [0.1, 0.15) is 5.78 Å². The van der Waals surface area contributed by atoms with Gasteiger partial charge in [0, 0.05) is 30.3 Å². The van der Waals surface area contributed by atoms with Crippen molar-refractivity contribution in [2.45, 2.75) is 46.5 Å². The Morgan fingerprint density at radius 3 is 2.22 bits per heavy atom. The summed E-state index contributed by atoms with van der Waals surface area (Å²) in [4.78, 5) is 24.5. The maximum absolute atomic E-state index is 12.4. The zero-order chi connectivity index (χ0) is 13.8. The number of rotatable bonds is 4. The lowest BCUT2D eigenvalue weighted by Gasteiger charge is -2.33. The molecule has 1 unspecified atom stereocenters. The van der Waals surface area contributed by atoms with Crippen molar-refractivity contribution in [3.63, 3.8) is 0 Å². The normalized spacial score (nSPS) is 24.7. The van der Waals surface area contributed by atoms with E-state index in [1.54, 1.807) is 0 Å². The van der Waals surface area contributed by atoms with Crippen LogP contribution in [0, 0.1) is 17.3 Å². The molecule has 1 aliphatic carbocycles. The van der Waals surface area contributed by atoms with Gasteiger partial charge in [-0.25, -0.2) is 0 Å². The molecular formula is C14H26N2O2. The van der Waals surface area contributed by atoms with Gasteiger partial charge in [-0.05, 0) is 12.8 Å². The molecule has 0 aliphatic heterocycles. The maximum atomic E-state index is 12.4. The van der Waals surface area contributed by atoms with Crippen LogP contribution in [0.4, 0.5) is 0 Å². The molecule has 4 heteroatoms. The second-order valence-corrected chi connectivity index (χ2v) is 6.19. The average Bonchev–Trinajstić information content (AvgIpc) is 2.34. The number of amides is 1. The van der Waals surface area contributed by atoms with Gasteiger partial charge in [-0.1, -0.05) is 33.6 Å². The molecular weight excluding hydrogens is 228 g/mol. The van der Waals surface area contributed by atoms with E-state index in [2.05, 4.69) is 5.32 Å². The summed E-state index contributed by atoms with van der Waals surface area (Å²) in [6.07, 6.45) is 3.75. The van der Waals surface area contributed by atoms with Crippen molar-refractivity contribution in [2.24, 2.45) is 23.0 Å². The fraction of sp³-hybridized carbons (Fsp3) is 0.857. The number of hydrogen-bond acceptors (Lipinski definition) is 3. The van der Waals surface area contributed by atoms with Gasteiger partial charge < -0.3 is 11.1 Å². The third-order valence-corrected chi connectivity index (χ3v) is 3.62. The summed E-state index contributed by atoms with van der Waals surface area (Å²) in [6.45, 7) is 6.72. The molecule has 104 valence electrons.